The van der Waals surface area contributed by atoms with Crippen molar-refractivity contribution in [1.82, 2.24) is 0 Å². The first-order valence-corrected chi connectivity index (χ1v) is 11.8. The maximum Gasteiger partial charge on any atom is 0.172 e. The quantitative estimate of drug-likeness (QED) is 0.430. The summed E-state index contributed by atoms with van der Waals surface area (Å²) in [6.07, 6.45) is 0. The van der Waals surface area contributed by atoms with Crippen molar-refractivity contribution in [3.63, 3.8) is 0 Å². The molecule has 5 heteroatoms. The smallest absolute Gasteiger partial charge is 0.172 e. The molecule has 2 aliphatic rings. The third kappa shape index (κ3) is 4.72. The fourth-order valence-electron chi connectivity index (χ4n) is 5.78. The molecule has 34 heavy (non-hydrogen) atoms. The van der Waals surface area contributed by atoms with E-state index < -0.39 is 0 Å². The SMILES string of the molecule is O=C(c1ccccc1)C1C[N+]2(CCOCC2)CC(C(=O)c2ccccc2)C1c1ccccc1.[F-]. The number of ketones is 2. The Morgan fingerprint density at radius 3 is 1.50 bits per heavy atom. The summed E-state index contributed by atoms with van der Waals surface area (Å²) in [7, 11) is 0. The zero-order valence-electron chi connectivity index (χ0n) is 19.2. The number of Topliss-reactive ketones (excluding diaryl/α,β-unsaturated/α-hetero) is 2. The third-order valence-electron chi connectivity index (χ3n) is 7.43. The topological polar surface area (TPSA) is 43.4 Å². The van der Waals surface area contributed by atoms with Gasteiger partial charge >= 0.3 is 0 Å². The number of halogens is 1. The summed E-state index contributed by atoms with van der Waals surface area (Å²) in [5, 5.41) is 0. The van der Waals surface area contributed by atoms with Crippen molar-refractivity contribution in [3.05, 3.63) is 108 Å². The normalized spacial score (nSPS) is 23.6. The van der Waals surface area contributed by atoms with Gasteiger partial charge in [-0.3, -0.25) is 9.59 Å². The Kier molecular flexibility index (Phi) is 7.35. The van der Waals surface area contributed by atoms with Gasteiger partial charge in [0, 0.05) is 17.0 Å². The molecule has 0 aliphatic carbocycles. The van der Waals surface area contributed by atoms with Gasteiger partial charge in [-0.2, -0.15) is 0 Å². The minimum atomic E-state index is -0.265. The van der Waals surface area contributed by atoms with Crippen LogP contribution >= 0.6 is 0 Å². The summed E-state index contributed by atoms with van der Waals surface area (Å²) in [6, 6.07) is 29.3. The Bertz CT molecular complexity index is 1030. The van der Waals surface area contributed by atoms with Crippen LogP contribution in [-0.2, 0) is 4.74 Å². The summed E-state index contributed by atoms with van der Waals surface area (Å²) >= 11 is 0. The van der Waals surface area contributed by atoms with E-state index in [1.807, 2.05) is 78.9 Å². The van der Waals surface area contributed by atoms with Crippen LogP contribution in [0.15, 0.2) is 91.0 Å². The van der Waals surface area contributed by atoms with E-state index in [1.165, 1.54) is 0 Å². The maximum atomic E-state index is 14.0. The van der Waals surface area contributed by atoms with Gasteiger partial charge in [-0.1, -0.05) is 91.0 Å². The summed E-state index contributed by atoms with van der Waals surface area (Å²) in [5.41, 5.74) is 2.53. The molecule has 2 heterocycles. The molecule has 2 unspecified atom stereocenters. The van der Waals surface area contributed by atoms with Crippen LogP contribution in [0.3, 0.4) is 0 Å². The van der Waals surface area contributed by atoms with E-state index >= 15 is 0 Å². The second-order valence-corrected chi connectivity index (χ2v) is 9.38. The largest absolute Gasteiger partial charge is 1.00 e. The van der Waals surface area contributed by atoms with E-state index in [-0.39, 0.29) is 34.0 Å². The molecular formula is C29H30FNO3. The Labute approximate surface area is 200 Å². The molecule has 0 radical (unpaired) electrons. The standard InChI is InChI=1S/C29H30NO3.FH/c31-28(23-12-6-2-7-13-23)25-20-30(16-18-33-19-17-30)21-26(27(25)22-10-4-1-5-11-22)29(32)24-14-8-3-9-15-24;/h1-15,25-27H,16-21H2;1H/q+1;/p-1. The monoisotopic (exact) mass is 459 g/mol. The average Bonchev–Trinajstić information content (AvgIpc) is 2.89. The maximum absolute atomic E-state index is 14.0. The molecule has 5 rings (SSSR count). The van der Waals surface area contributed by atoms with Crippen molar-refractivity contribution in [1.29, 1.82) is 0 Å². The lowest BCUT2D eigenvalue weighted by Crippen LogP contribution is -3.00. The van der Waals surface area contributed by atoms with Gasteiger partial charge in [-0.05, 0) is 5.56 Å². The van der Waals surface area contributed by atoms with Crippen LogP contribution in [-0.4, -0.2) is 55.4 Å². The van der Waals surface area contributed by atoms with Crippen molar-refractivity contribution < 1.29 is 23.5 Å². The van der Waals surface area contributed by atoms with Gasteiger partial charge in [0.25, 0.3) is 0 Å². The van der Waals surface area contributed by atoms with Gasteiger partial charge in [0.1, 0.15) is 13.1 Å². The number of hydrogen-bond donors (Lipinski definition) is 0. The molecular weight excluding hydrogens is 429 g/mol. The molecule has 2 saturated heterocycles. The second kappa shape index (κ2) is 10.4. The predicted molar refractivity (Wildman–Crippen MR) is 128 cm³/mol. The molecule has 0 bridgehead atoms. The minimum absolute atomic E-state index is 0. The first-order valence-electron chi connectivity index (χ1n) is 11.8. The Morgan fingerprint density at radius 1 is 0.647 bits per heavy atom. The molecule has 0 N–H and O–H groups in total. The van der Waals surface area contributed by atoms with E-state index in [9.17, 15) is 9.59 Å². The van der Waals surface area contributed by atoms with Gasteiger partial charge in [0.2, 0.25) is 0 Å². The van der Waals surface area contributed by atoms with E-state index in [4.69, 9.17) is 4.74 Å². The van der Waals surface area contributed by atoms with Crippen molar-refractivity contribution in [2.75, 3.05) is 39.4 Å². The Hall–Kier alpha value is -3.15. The highest BCUT2D eigenvalue weighted by Crippen LogP contribution is 2.43. The summed E-state index contributed by atoms with van der Waals surface area (Å²) in [6.45, 7) is 4.53. The molecule has 1 spiro atoms. The van der Waals surface area contributed by atoms with Gasteiger partial charge in [0.05, 0.1) is 38.1 Å². The number of rotatable bonds is 5. The Balaban J connectivity index is 0.00000274. The van der Waals surface area contributed by atoms with Crippen molar-refractivity contribution in [2.24, 2.45) is 11.8 Å². The van der Waals surface area contributed by atoms with Gasteiger partial charge in [0.15, 0.2) is 11.6 Å². The average molecular weight is 460 g/mol. The van der Waals surface area contributed by atoms with Crippen molar-refractivity contribution in [2.45, 2.75) is 5.92 Å². The van der Waals surface area contributed by atoms with Gasteiger partial charge in [-0.15, -0.1) is 0 Å². The van der Waals surface area contributed by atoms with E-state index in [1.54, 1.807) is 0 Å². The first-order chi connectivity index (χ1) is 16.2. The van der Waals surface area contributed by atoms with E-state index in [0.717, 1.165) is 47.4 Å². The van der Waals surface area contributed by atoms with Crippen LogP contribution in [0.5, 0.6) is 0 Å². The molecule has 0 amide bonds. The lowest BCUT2D eigenvalue weighted by molar-refractivity contribution is -0.944. The van der Waals surface area contributed by atoms with Crippen molar-refractivity contribution >= 4 is 11.6 Å². The fraction of sp³-hybridized carbons (Fsp3) is 0.310. The summed E-state index contributed by atoms with van der Waals surface area (Å²) in [4.78, 5) is 27.9. The van der Waals surface area contributed by atoms with Crippen LogP contribution in [0, 0.1) is 11.8 Å². The Morgan fingerprint density at radius 2 is 1.06 bits per heavy atom. The number of hydrogen-bond acceptors (Lipinski definition) is 3. The number of benzene rings is 3. The number of ether oxygens (including phenoxy) is 1. The first kappa shape index (κ1) is 24.0. The molecule has 3 aromatic rings. The minimum Gasteiger partial charge on any atom is -1.00 e. The van der Waals surface area contributed by atoms with Crippen LogP contribution in [0.2, 0.25) is 0 Å². The predicted octanol–water partition coefficient (Wildman–Crippen LogP) is 1.63. The number of piperidine rings is 1. The molecule has 2 fully saturated rings. The number of nitrogens with zero attached hydrogens (tertiary/aromatic N) is 1. The second-order valence-electron chi connectivity index (χ2n) is 9.38. The zero-order valence-corrected chi connectivity index (χ0v) is 19.2. The van der Waals surface area contributed by atoms with Crippen LogP contribution in [0.25, 0.3) is 0 Å². The fourth-order valence-corrected chi connectivity index (χ4v) is 5.78. The number of quaternary nitrogens is 1. The van der Waals surface area contributed by atoms with Crippen LogP contribution < -0.4 is 4.70 Å². The van der Waals surface area contributed by atoms with Crippen LogP contribution in [0.1, 0.15) is 32.2 Å². The number of carbonyl (C=O) groups is 2. The molecule has 176 valence electrons. The lowest BCUT2D eigenvalue weighted by atomic mass is 9.67. The van der Waals surface area contributed by atoms with E-state index in [2.05, 4.69) is 12.1 Å². The van der Waals surface area contributed by atoms with Crippen molar-refractivity contribution in [3.8, 4) is 0 Å². The van der Waals surface area contributed by atoms with Gasteiger partial charge in [-0.25, -0.2) is 0 Å². The number of carbonyl (C=O) groups excluding carboxylic acids is 2. The molecule has 2 aliphatic heterocycles. The zero-order chi connectivity index (χ0) is 22.7. The molecule has 3 aromatic carbocycles. The summed E-state index contributed by atoms with van der Waals surface area (Å²) < 4.78 is 6.46. The highest BCUT2D eigenvalue weighted by molar-refractivity contribution is 6.02. The molecule has 2 atom stereocenters. The number of morpholine rings is 1. The lowest BCUT2D eigenvalue weighted by Gasteiger charge is -2.51. The highest BCUT2D eigenvalue weighted by Gasteiger charge is 2.52. The third-order valence-corrected chi connectivity index (χ3v) is 7.43. The highest BCUT2D eigenvalue weighted by atomic mass is 19.0. The molecule has 4 nitrogen and oxygen atoms in total. The van der Waals surface area contributed by atoms with E-state index in [0.29, 0.717) is 13.2 Å². The van der Waals surface area contributed by atoms with Gasteiger partial charge < -0.3 is 13.9 Å². The van der Waals surface area contributed by atoms with Crippen LogP contribution in [0.4, 0.5) is 0 Å². The molecule has 0 aromatic heterocycles. The molecule has 0 saturated carbocycles. The summed E-state index contributed by atoms with van der Waals surface area (Å²) in [5.74, 6) is -0.408.